The van der Waals surface area contributed by atoms with Gasteiger partial charge in [-0.2, -0.15) is 4.91 Å². The summed E-state index contributed by atoms with van der Waals surface area (Å²) in [5.41, 5.74) is 1.19. The lowest BCUT2D eigenvalue weighted by Gasteiger charge is -2.57. The predicted octanol–water partition coefficient (Wildman–Crippen LogP) is -0.520. The Morgan fingerprint density at radius 1 is 1.12 bits per heavy atom. The van der Waals surface area contributed by atoms with Crippen molar-refractivity contribution < 1.29 is 24.4 Å². The number of nitrogens with one attached hydrogen (secondary N) is 3. The van der Waals surface area contributed by atoms with E-state index in [0.29, 0.717) is 13.0 Å². The third-order valence-electron chi connectivity index (χ3n) is 6.92. The smallest absolute Gasteiger partial charge is 0.234 e. The summed E-state index contributed by atoms with van der Waals surface area (Å²) < 4.78 is 18.3. The summed E-state index contributed by atoms with van der Waals surface area (Å²) in [6, 6.07) is 7.63. The molecule has 2 aliphatic heterocycles. The van der Waals surface area contributed by atoms with Crippen LogP contribution in [0.3, 0.4) is 0 Å². The number of fused-ring (bicyclic) bond motifs is 2. The molecule has 0 amide bonds. The van der Waals surface area contributed by atoms with E-state index in [4.69, 9.17) is 14.2 Å². The van der Waals surface area contributed by atoms with Crippen molar-refractivity contribution in [3.8, 4) is 0 Å². The van der Waals surface area contributed by atoms with E-state index in [0.717, 1.165) is 6.42 Å². The molecule has 10 unspecified atom stereocenters. The van der Waals surface area contributed by atoms with E-state index in [9.17, 15) is 15.1 Å². The standard InChI is InChI=1S/C22H34N4O6/c1-12-11-14(25-10-9-13-7-5-4-6-8-13)22(28)21(30-12)31-20-18(27)16(23-2)15(26-29)17(24-3)19(20)32-22/h4-8,12,14-21,23-25,27-28H,9-11H2,1-3H3. The molecule has 0 spiro atoms. The molecule has 178 valence electrons. The van der Waals surface area contributed by atoms with Crippen LogP contribution in [0, 0.1) is 4.91 Å². The van der Waals surface area contributed by atoms with E-state index in [2.05, 4.69) is 33.3 Å². The van der Waals surface area contributed by atoms with Crippen LogP contribution in [0.2, 0.25) is 0 Å². The second-order valence-electron chi connectivity index (χ2n) is 8.91. The molecule has 10 nitrogen and oxygen atoms in total. The van der Waals surface area contributed by atoms with Gasteiger partial charge in [0.2, 0.25) is 12.1 Å². The summed E-state index contributed by atoms with van der Waals surface area (Å²) in [5.74, 6) is -1.78. The van der Waals surface area contributed by atoms with Crippen LogP contribution in [-0.4, -0.2) is 91.5 Å². The number of likely N-dealkylation sites (N-methyl/N-ethyl adjacent to an activating group) is 2. The van der Waals surface area contributed by atoms with Gasteiger partial charge in [0, 0.05) is 0 Å². The number of aliphatic hydroxyl groups excluding tert-OH is 1. The topological polar surface area (TPSA) is 134 Å². The van der Waals surface area contributed by atoms with Crippen LogP contribution in [0.1, 0.15) is 18.9 Å². The molecule has 10 atom stereocenters. The summed E-state index contributed by atoms with van der Waals surface area (Å²) in [7, 11) is 3.35. The van der Waals surface area contributed by atoms with Gasteiger partial charge in [0.15, 0.2) is 0 Å². The highest BCUT2D eigenvalue weighted by Crippen LogP contribution is 2.42. The minimum absolute atomic E-state index is 0.181. The van der Waals surface area contributed by atoms with Crippen molar-refractivity contribution >= 4 is 0 Å². The first kappa shape index (κ1) is 23.7. The van der Waals surface area contributed by atoms with Crippen LogP contribution in [0.5, 0.6) is 0 Å². The average Bonchev–Trinajstić information content (AvgIpc) is 2.79. The molecule has 32 heavy (non-hydrogen) atoms. The molecule has 2 saturated heterocycles. The Kier molecular flexibility index (Phi) is 7.23. The van der Waals surface area contributed by atoms with Gasteiger partial charge >= 0.3 is 0 Å². The Balaban J connectivity index is 1.54. The largest absolute Gasteiger partial charge is 0.389 e. The van der Waals surface area contributed by atoms with Crippen molar-refractivity contribution in [2.45, 2.75) is 80.4 Å². The van der Waals surface area contributed by atoms with Crippen molar-refractivity contribution in [3.63, 3.8) is 0 Å². The molecule has 4 rings (SSSR count). The molecule has 1 aromatic rings. The summed E-state index contributed by atoms with van der Waals surface area (Å²) >= 11 is 0. The molecule has 1 saturated carbocycles. The van der Waals surface area contributed by atoms with Crippen LogP contribution in [0.15, 0.2) is 35.5 Å². The van der Waals surface area contributed by atoms with Crippen molar-refractivity contribution in [2.24, 2.45) is 5.18 Å². The highest BCUT2D eigenvalue weighted by atomic mass is 16.8. The van der Waals surface area contributed by atoms with Crippen molar-refractivity contribution in [1.29, 1.82) is 0 Å². The average molecular weight is 451 g/mol. The number of hydrogen-bond donors (Lipinski definition) is 5. The summed E-state index contributed by atoms with van der Waals surface area (Å²) in [6.45, 7) is 2.55. The first-order valence-electron chi connectivity index (χ1n) is 11.3. The van der Waals surface area contributed by atoms with E-state index in [1.165, 1.54) is 5.56 Å². The maximum Gasteiger partial charge on any atom is 0.234 e. The second kappa shape index (κ2) is 9.78. The Labute approximate surface area is 188 Å². The number of ether oxygens (including phenoxy) is 3. The molecule has 2 heterocycles. The third-order valence-corrected chi connectivity index (χ3v) is 6.92. The Morgan fingerprint density at radius 3 is 2.50 bits per heavy atom. The Hall–Kier alpha value is -1.50. The Bertz CT molecular complexity index is 772. The zero-order valence-corrected chi connectivity index (χ0v) is 18.7. The molecule has 0 radical (unpaired) electrons. The molecule has 3 aliphatic rings. The van der Waals surface area contributed by atoms with Crippen molar-refractivity contribution in [2.75, 3.05) is 20.6 Å². The molecule has 0 aromatic heterocycles. The quantitative estimate of drug-likeness (QED) is 0.348. The first-order chi connectivity index (χ1) is 15.4. The zero-order chi connectivity index (χ0) is 22.9. The molecular formula is C22H34N4O6. The fourth-order valence-corrected chi connectivity index (χ4v) is 5.25. The Morgan fingerprint density at radius 2 is 1.84 bits per heavy atom. The van der Waals surface area contributed by atoms with Gasteiger partial charge in [0.1, 0.15) is 24.4 Å². The maximum absolute atomic E-state index is 11.6. The SMILES string of the molecule is CNC1C(O)C2OC3OC(C)CC(NCCc4ccccc4)C3(O)OC2C(NC)C1N=O. The van der Waals surface area contributed by atoms with E-state index < -0.39 is 54.6 Å². The number of nitroso groups, excluding NO2 is 1. The number of hydrogen-bond acceptors (Lipinski definition) is 10. The number of nitrogens with zero attached hydrogens (tertiary/aromatic N) is 1. The van der Waals surface area contributed by atoms with E-state index >= 15 is 0 Å². The van der Waals surface area contributed by atoms with E-state index in [1.54, 1.807) is 14.1 Å². The first-order valence-corrected chi connectivity index (χ1v) is 11.3. The maximum atomic E-state index is 11.6. The molecule has 1 aliphatic carbocycles. The lowest BCUT2D eigenvalue weighted by Crippen LogP contribution is -2.79. The minimum atomic E-state index is -1.78. The van der Waals surface area contributed by atoms with Gasteiger partial charge in [0.25, 0.3) is 0 Å². The molecule has 3 fully saturated rings. The van der Waals surface area contributed by atoms with Crippen LogP contribution >= 0.6 is 0 Å². The van der Waals surface area contributed by atoms with Gasteiger partial charge in [-0.25, -0.2) is 0 Å². The number of benzene rings is 1. The molecule has 0 bridgehead atoms. The second-order valence-corrected chi connectivity index (χ2v) is 8.91. The van der Waals surface area contributed by atoms with Crippen LogP contribution in [-0.2, 0) is 20.6 Å². The summed E-state index contributed by atoms with van der Waals surface area (Å²) in [6.07, 6.45) is -2.61. The van der Waals surface area contributed by atoms with Crippen LogP contribution in [0.25, 0.3) is 0 Å². The summed E-state index contributed by atoms with van der Waals surface area (Å²) in [4.78, 5) is 11.6. The van der Waals surface area contributed by atoms with Crippen LogP contribution in [0.4, 0.5) is 0 Å². The lowest BCUT2D eigenvalue weighted by molar-refractivity contribution is -0.447. The molecule has 1 aromatic carbocycles. The normalized spacial score (nSPS) is 43.8. The van der Waals surface area contributed by atoms with E-state index in [1.807, 2.05) is 25.1 Å². The lowest BCUT2D eigenvalue weighted by atomic mass is 9.78. The van der Waals surface area contributed by atoms with Gasteiger partial charge in [-0.05, 0) is 46.0 Å². The number of rotatable bonds is 7. The fraction of sp³-hybridized carbons (Fsp3) is 0.727. The van der Waals surface area contributed by atoms with Crippen LogP contribution < -0.4 is 16.0 Å². The fourth-order valence-electron chi connectivity index (χ4n) is 5.25. The number of aliphatic hydroxyl groups is 2. The van der Waals surface area contributed by atoms with Gasteiger partial charge in [-0.3, -0.25) is 0 Å². The monoisotopic (exact) mass is 450 g/mol. The molecular weight excluding hydrogens is 416 g/mol. The minimum Gasteiger partial charge on any atom is -0.389 e. The molecule has 5 N–H and O–H groups in total. The highest BCUT2D eigenvalue weighted by Gasteiger charge is 2.63. The van der Waals surface area contributed by atoms with Gasteiger partial charge in [0.05, 0.1) is 24.2 Å². The van der Waals surface area contributed by atoms with Gasteiger partial charge in [-0.1, -0.05) is 35.5 Å². The summed E-state index contributed by atoms with van der Waals surface area (Å²) in [5, 5.41) is 35.2. The third kappa shape index (κ3) is 4.22. The molecule has 10 heteroatoms. The van der Waals surface area contributed by atoms with Gasteiger partial charge < -0.3 is 40.4 Å². The van der Waals surface area contributed by atoms with Gasteiger partial charge in [-0.15, -0.1) is 0 Å². The van der Waals surface area contributed by atoms with Crippen molar-refractivity contribution in [3.05, 3.63) is 40.8 Å². The highest BCUT2D eigenvalue weighted by molar-refractivity contribution is 5.15. The van der Waals surface area contributed by atoms with E-state index in [-0.39, 0.29) is 6.10 Å². The predicted molar refractivity (Wildman–Crippen MR) is 117 cm³/mol. The zero-order valence-electron chi connectivity index (χ0n) is 18.7. The van der Waals surface area contributed by atoms with Crippen molar-refractivity contribution in [1.82, 2.24) is 16.0 Å².